The van der Waals surface area contributed by atoms with Crippen LogP contribution in [0.25, 0.3) is 295 Å². The van der Waals surface area contributed by atoms with Gasteiger partial charge in [-0.1, -0.05) is 368 Å². The molecule has 0 aliphatic rings. The molecule has 0 atom stereocenters. The van der Waals surface area contributed by atoms with Crippen LogP contribution >= 0.6 is 0 Å². The maximum atomic E-state index is 2.59. The molecule has 0 saturated heterocycles. The Morgan fingerprint density at radius 3 is 0.541 bits per heavy atom. The Labute approximate surface area is 842 Å². The maximum Gasteiger partial charge on any atom is 0.0634 e. The Morgan fingerprint density at radius 1 is 0.151 bits per heavy atom. The van der Waals surface area contributed by atoms with Crippen molar-refractivity contribution in [1.82, 2.24) is 26.4 Å². The van der Waals surface area contributed by atoms with Crippen molar-refractivity contribution in [1.29, 1.82) is 0 Å². The number of fused-ring (bicyclic) bond motifs is 42. The van der Waals surface area contributed by atoms with Crippen LogP contribution in [0.15, 0.2) is 388 Å². The molecule has 33 aromatic rings. The highest BCUT2D eigenvalue weighted by atomic mass is 15.0. The highest BCUT2D eigenvalue weighted by molar-refractivity contribution is 6.51. The number of hydrogen-bond acceptors (Lipinski definition) is 0. The minimum Gasteiger partial charge on any atom is -0.308 e. The summed E-state index contributed by atoms with van der Waals surface area (Å²) in [6, 6.07) is 145. The van der Waals surface area contributed by atoms with E-state index in [-0.39, 0.29) is 10.8 Å². The third-order valence-corrected chi connectivity index (χ3v) is 33.6. The van der Waals surface area contributed by atoms with Gasteiger partial charge in [-0.3, -0.25) is 0 Å². The van der Waals surface area contributed by atoms with Gasteiger partial charge in [0.1, 0.15) is 0 Å². The molecule has 6 nitrogen and oxygen atoms in total. The quantitative estimate of drug-likeness (QED) is 0.159. The number of hydrogen-bond donors (Lipinski definition) is 0. The van der Waals surface area contributed by atoms with Crippen LogP contribution in [0.2, 0.25) is 0 Å². The molecule has 690 valence electrons. The zero-order chi connectivity index (χ0) is 97.5. The van der Waals surface area contributed by atoms with Crippen molar-refractivity contribution in [3.05, 3.63) is 433 Å². The van der Waals surface area contributed by atoms with Crippen LogP contribution in [0.5, 0.6) is 0 Å². The summed E-state index contributed by atoms with van der Waals surface area (Å²) in [7, 11) is 0. The van der Waals surface area contributed by atoms with Gasteiger partial charge in [-0.2, -0.15) is 0 Å². The average molecular weight is 1870 g/mol. The van der Waals surface area contributed by atoms with E-state index >= 15 is 0 Å². The number of aromatic nitrogens is 6. The van der Waals surface area contributed by atoms with Crippen LogP contribution in [-0.4, -0.2) is 26.4 Å². The van der Waals surface area contributed by atoms with Crippen molar-refractivity contribution in [2.24, 2.45) is 0 Å². The highest BCUT2D eigenvalue weighted by Gasteiger charge is 2.37. The lowest BCUT2D eigenvalue weighted by Crippen LogP contribution is -2.10. The first-order chi connectivity index (χ1) is 71.3. The van der Waals surface area contributed by atoms with Crippen LogP contribution in [-0.2, 0) is 10.8 Å². The molecule has 0 radical (unpaired) electrons. The van der Waals surface area contributed by atoms with Gasteiger partial charge in [0, 0.05) is 129 Å². The third kappa shape index (κ3) is 10.8. The monoisotopic (exact) mass is 1860 g/mol. The molecule has 0 aliphatic heterocycles. The summed E-state index contributed by atoms with van der Waals surface area (Å²) in [5.41, 5.74) is 49.5. The summed E-state index contributed by atoms with van der Waals surface area (Å²) < 4.78 is 15.4. The summed E-state index contributed by atoms with van der Waals surface area (Å²) in [5, 5.41) is 32.2. The first-order valence-corrected chi connectivity index (χ1v) is 51.7. The van der Waals surface area contributed by atoms with Crippen LogP contribution in [0.1, 0.15) is 86.1 Å². The highest BCUT2D eigenvalue weighted by Crippen LogP contribution is 2.61. The topological polar surface area (TPSA) is 26.5 Å². The summed E-state index contributed by atoms with van der Waals surface area (Å²) >= 11 is 0. The van der Waals surface area contributed by atoms with E-state index in [4.69, 9.17) is 0 Å². The molecule has 0 bridgehead atoms. The Morgan fingerprint density at radius 2 is 0.329 bits per heavy atom. The molecule has 21 aromatic carbocycles. The summed E-state index contributed by atoms with van der Waals surface area (Å²) in [5.74, 6) is 0. The van der Waals surface area contributed by atoms with E-state index in [1.165, 1.54) is 340 Å². The average Bonchev–Trinajstić information content (AvgIpc) is 1.49. The summed E-state index contributed by atoms with van der Waals surface area (Å²) in [6.45, 7) is 27.3. The van der Waals surface area contributed by atoms with Crippen LogP contribution in [0.3, 0.4) is 0 Å². The van der Waals surface area contributed by atoms with Gasteiger partial charge >= 0.3 is 0 Å². The van der Waals surface area contributed by atoms with Crippen molar-refractivity contribution in [3.8, 4) is 66.8 Å². The van der Waals surface area contributed by atoms with E-state index in [9.17, 15) is 0 Å². The molecular weight excluding hydrogens is 1770 g/mol. The Bertz CT molecular complexity index is 10700. The molecule has 0 aliphatic carbocycles. The van der Waals surface area contributed by atoms with Crippen LogP contribution < -0.4 is 0 Å². The fourth-order valence-electron chi connectivity index (χ4n) is 28.1. The predicted octanol–water partition coefficient (Wildman–Crippen LogP) is 38.4. The minimum atomic E-state index is 0.0993. The summed E-state index contributed by atoms with van der Waals surface area (Å²) in [6.07, 6.45) is 0. The molecule has 0 fully saturated rings. The number of nitrogens with zero attached hydrogens (tertiary/aromatic N) is 6. The smallest absolute Gasteiger partial charge is 0.0634 e. The lowest BCUT2D eigenvalue weighted by atomic mass is 9.85. The molecule has 33 rings (SSSR count). The molecule has 0 amide bonds. The largest absolute Gasteiger partial charge is 0.308 e. The molecule has 12 aromatic heterocycles. The van der Waals surface area contributed by atoms with E-state index in [0.29, 0.717) is 0 Å². The van der Waals surface area contributed by atoms with Crippen LogP contribution in [0, 0.1) is 41.5 Å². The lowest BCUT2D eigenvalue weighted by Gasteiger charge is -2.19. The zero-order valence-corrected chi connectivity index (χ0v) is 83.6. The number of benzene rings is 21. The number of para-hydroxylation sites is 6. The maximum absolute atomic E-state index is 2.59. The van der Waals surface area contributed by atoms with Gasteiger partial charge in [0.25, 0.3) is 0 Å². The van der Waals surface area contributed by atoms with Gasteiger partial charge in [-0.15, -0.1) is 0 Å². The van der Waals surface area contributed by atoms with E-state index in [2.05, 4.69) is 498 Å². The molecule has 146 heavy (non-hydrogen) atoms. The zero-order valence-electron chi connectivity index (χ0n) is 83.6. The first kappa shape index (κ1) is 83.1. The second-order valence-corrected chi connectivity index (χ2v) is 43.8. The lowest BCUT2D eigenvalue weighted by molar-refractivity contribution is 0.590. The molecule has 0 spiro atoms. The van der Waals surface area contributed by atoms with Gasteiger partial charge in [-0.05, 0) is 225 Å². The molecular formula is C140H100N6. The Kier molecular flexibility index (Phi) is 16.8. The Hall–Kier alpha value is -17.6. The molecule has 0 saturated carbocycles. The van der Waals surface area contributed by atoms with Gasteiger partial charge in [0.15, 0.2) is 0 Å². The van der Waals surface area contributed by atoms with Crippen molar-refractivity contribution >= 4 is 229 Å². The van der Waals surface area contributed by atoms with Crippen molar-refractivity contribution in [3.63, 3.8) is 0 Å². The van der Waals surface area contributed by atoms with Gasteiger partial charge in [0.2, 0.25) is 0 Å². The fourth-order valence-corrected chi connectivity index (χ4v) is 28.1. The van der Waals surface area contributed by atoms with E-state index in [1.807, 2.05) is 0 Å². The van der Waals surface area contributed by atoms with Gasteiger partial charge in [0.05, 0.1) is 99.3 Å². The minimum absolute atomic E-state index is 0.0993. The third-order valence-electron chi connectivity index (χ3n) is 33.6. The van der Waals surface area contributed by atoms with Crippen molar-refractivity contribution in [2.75, 3.05) is 0 Å². The normalized spacial score (nSPS) is 12.8. The predicted molar refractivity (Wildman–Crippen MR) is 626 cm³/mol. The molecule has 0 N–H and O–H groups in total. The standard InChI is InChI=1S/C50H40N2.C48H36N2.C42H24N2/c1-49(2,3)31-25-21-29(22-26-31)33-15-11-19-39-41(33)45-43-35-13-7-10-18-38(35)52-40-20-12-16-34(30-23-27-32(28-24-30)50(4,5)6)42(40)46(48(43)52)44-36-14-8-9-17-37(36)51(39)47(44)45;1-25-21-27(3)39(28(4)22-25)33-15-11-19-37-41(33)45-43-31-13-7-10-18-36(31)50-38-20-12-16-34(40-29(5)23-26(2)24-30(40)6)42(38)46(48(43)50)44-32-14-8-9-17-35(32)49(37)47(44)45;1-3-13-25(14-4-1)27-19-11-23-33-35(27)39-37-29-17-7-10-22-32(29)44-34-24-12-20-28(26-15-5-2-6-16-26)36(34)40(42(37)44)38-30-18-8-9-21-31(30)43(33)41(38)39/h7-28H,1-6H3;7-24H,1-6H3;1-24H. The van der Waals surface area contributed by atoms with Crippen LogP contribution in [0.4, 0.5) is 0 Å². The van der Waals surface area contributed by atoms with E-state index in [0.717, 1.165) is 0 Å². The fraction of sp³-hybridized carbons (Fsp3) is 0.100. The van der Waals surface area contributed by atoms with Gasteiger partial charge in [-0.25, -0.2) is 0 Å². The first-order valence-electron chi connectivity index (χ1n) is 51.7. The second kappa shape index (κ2) is 29.6. The summed E-state index contributed by atoms with van der Waals surface area (Å²) in [4.78, 5) is 0. The van der Waals surface area contributed by atoms with E-state index < -0.39 is 0 Å². The number of aryl methyl sites for hydroxylation is 6. The number of rotatable bonds is 6. The van der Waals surface area contributed by atoms with Crippen molar-refractivity contribution < 1.29 is 0 Å². The SMILES string of the molecule is CC(C)(C)c1ccc(-c2cccc3c2c2c4c5ccccc5n5c6cccc(-c7ccc(C(C)(C)C)cc7)c6c(c6c7ccccc7n3c62)c45)cc1.Cc1cc(C)c(-c2cccc3c2c2c4c5ccccc5n5c6cccc(-c7c(C)cc(C)cc7C)c6c(c6c7ccccc7n3c62)c45)c(C)c1.c1ccc(-c2cccc3c2c2c4c5ccccc5n5c6cccc(-c7ccccc7)c6c(c6c7ccccc7n3c62)c45)cc1. The van der Waals surface area contributed by atoms with E-state index in [1.54, 1.807) is 0 Å². The second-order valence-electron chi connectivity index (χ2n) is 43.8. The Balaban J connectivity index is 0.0000000998. The van der Waals surface area contributed by atoms with Gasteiger partial charge < -0.3 is 26.4 Å². The molecule has 12 heterocycles. The van der Waals surface area contributed by atoms with Crippen molar-refractivity contribution in [2.45, 2.75) is 93.9 Å². The molecule has 0 unspecified atom stereocenters. The molecule has 6 heteroatoms.